The van der Waals surface area contributed by atoms with E-state index in [1.54, 1.807) is 36.4 Å². The van der Waals surface area contributed by atoms with E-state index in [0.717, 1.165) is 11.1 Å². The lowest BCUT2D eigenvalue weighted by Crippen LogP contribution is -2.21. The number of fused-ring (bicyclic) bond motifs is 1. The molecule has 0 aliphatic rings. The van der Waals surface area contributed by atoms with Gasteiger partial charge in [-0.25, -0.2) is 9.78 Å². The summed E-state index contributed by atoms with van der Waals surface area (Å²) in [5.74, 6) is -0.347. The van der Waals surface area contributed by atoms with E-state index in [1.807, 2.05) is 31.2 Å². The lowest BCUT2D eigenvalue weighted by Gasteiger charge is -2.08. The van der Waals surface area contributed by atoms with Gasteiger partial charge in [-0.2, -0.15) is 0 Å². The fourth-order valence-electron chi connectivity index (χ4n) is 2.38. The minimum atomic E-state index is -0.641. The van der Waals surface area contributed by atoms with Crippen LogP contribution in [0.1, 0.15) is 17.4 Å². The van der Waals surface area contributed by atoms with Crippen molar-refractivity contribution in [2.45, 2.75) is 6.92 Å². The summed E-state index contributed by atoms with van der Waals surface area (Å²) in [6.07, 6.45) is 0. The highest BCUT2D eigenvalue weighted by atomic mass is 16.5. The maximum atomic E-state index is 12.1. The molecule has 2 aromatic carbocycles. The normalized spacial score (nSPS) is 10.3. The van der Waals surface area contributed by atoms with Crippen LogP contribution in [0.4, 0.5) is 5.69 Å². The number of carbonyl (C=O) groups excluding carboxylic acids is 2. The topological polar surface area (TPSA) is 77.5 Å². The molecule has 6 nitrogen and oxygen atoms in total. The molecule has 0 radical (unpaired) electrons. The molecule has 0 spiro atoms. The number of amides is 1. The molecule has 0 saturated carbocycles. The van der Waals surface area contributed by atoms with Gasteiger partial charge in [0.1, 0.15) is 11.4 Å². The quantitative estimate of drug-likeness (QED) is 0.689. The van der Waals surface area contributed by atoms with Crippen LogP contribution >= 0.6 is 0 Å². The van der Waals surface area contributed by atoms with Crippen LogP contribution in [0.2, 0.25) is 0 Å². The maximum Gasteiger partial charge on any atom is 0.357 e. The van der Waals surface area contributed by atoms with Gasteiger partial charge in [0.2, 0.25) is 0 Å². The van der Waals surface area contributed by atoms with Crippen molar-refractivity contribution < 1.29 is 19.1 Å². The van der Waals surface area contributed by atoms with E-state index in [9.17, 15) is 9.59 Å². The van der Waals surface area contributed by atoms with Crippen LogP contribution in [0, 0.1) is 0 Å². The molecule has 1 N–H and O–H groups in total. The number of ether oxygens (including phenoxy) is 2. The average molecular weight is 350 g/mol. The van der Waals surface area contributed by atoms with Crippen LogP contribution in [0.25, 0.3) is 10.9 Å². The minimum Gasteiger partial charge on any atom is -0.494 e. The zero-order chi connectivity index (χ0) is 18.4. The van der Waals surface area contributed by atoms with Crippen molar-refractivity contribution in [3.63, 3.8) is 0 Å². The van der Waals surface area contributed by atoms with E-state index in [4.69, 9.17) is 9.47 Å². The predicted octanol–water partition coefficient (Wildman–Crippen LogP) is 3.43. The van der Waals surface area contributed by atoms with Crippen LogP contribution in [0.3, 0.4) is 0 Å². The predicted molar refractivity (Wildman–Crippen MR) is 98.3 cm³/mol. The second-order valence-corrected chi connectivity index (χ2v) is 5.47. The van der Waals surface area contributed by atoms with Gasteiger partial charge in [0, 0.05) is 11.1 Å². The van der Waals surface area contributed by atoms with Crippen LogP contribution in [-0.4, -0.2) is 30.1 Å². The monoisotopic (exact) mass is 350 g/mol. The van der Waals surface area contributed by atoms with Gasteiger partial charge in [-0.05, 0) is 43.3 Å². The van der Waals surface area contributed by atoms with Gasteiger partial charge in [-0.3, -0.25) is 4.79 Å². The smallest absolute Gasteiger partial charge is 0.357 e. The number of benzene rings is 2. The summed E-state index contributed by atoms with van der Waals surface area (Å²) in [5.41, 5.74) is 1.46. The third kappa shape index (κ3) is 4.36. The molecule has 132 valence electrons. The van der Waals surface area contributed by atoms with Crippen molar-refractivity contribution in [2.24, 2.45) is 0 Å². The number of aromatic nitrogens is 1. The van der Waals surface area contributed by atoms with Crippen molar-refractivity contribution in [1.82, 2.24) is 4.98 Å². The molecule has 26 heavy (non-hydrogen) atoms. The Morgan fingerprint density at radius 2 is 1.77 bits per heavy atom. The molecular weight excluding hydrogens is 332 g/mol. The Balaban J connectivity index is 1.55. The van der Waals surface area contributed by atoms with Gasteiger partial charge in [-0.1, -0.05) is 24.3 Å². The molecule has 1 aromatic heterocycles. The van der Waals surface area contributed by atoms with E-state index in [1.165, 1.54) is 0 Å². The number of nitrogens with zero attached hydrogens (tertiary/aromatic N) is 1. The fraction of sp³-hybridized carbons (Fsp3) is 0.150. The second kappa shape index (κ2) is 8.11. The average Bonchev–Trinajstić information content (AvgIpc) is 2.67. The number of esters is 1. The highest BCUT2D eigenvalue weighted by Gasteiger charge is 2.12. The zero-order valence-corrected chi connectivity index (χ0v) is 14.3. The number of pyridine rings is 1. The highest BCUT2D eigenvalue weighted by Crippen LogP contribution is 2.16. The number of hydrogen-bond acceptors (Lipinski definition) is 5. The lowest BCUT2D eigenvalue weighted by atomic mass is 10.2. The van der Waals surface area contributed by atoms with Gasteiger partial charge >= 0.3 is 5.97 Å². The number of rotatable bonds is 6. The summed E-state index contributed by atoms with van der Waals surface area (Å²) >= 11 is 0. The Morgan fingerprint density at radius 1 is 1.00 bits per heavy atom. The van der Waals surface area contributed by atoms with Crippen molar-refractivity contribution in [1.29, 1.82) is 0 Å². The van der Waals surface area contributed by atoms with E-state index >= 15 is 0 Å². The summed E-state index contributed by atoms with van der Waals surface area (Å²) in [7, 11) is 0. The van der Waals surface area contributed by atoms with Crippen LogP contribution < -0.4 is 10.1 Å². The molecule has 0 aliphatic carbocycles. The molecule has 0 saturated heterocycles. The zero-order valence-electron chi connectivity index (χ0n) is 14.3. The Bertz CT molecular complexity index is 923. The largest absolute Gasteiger partial charge is 0.494 e. The van der Waals surface area contributed by atoms with Gasteiger partial charge in [0.05, 0.1) is 12.1 Å². The Morgan fingerprint density at radius 3 is 2.54 bits per heavy atom. The summed E-state index contributed by atoms with van der Waals surface area (Å²) in [6, 6.07) is 17.8. The van der Waals surface area contributed by atoms with Crippen LogP contribution in [-0.2, 0) is 9.53 Å². The first kappa shape index (κ1) is 17.4. The van der Waals surface area contributed by atoms with E-state index in [0.29, 0.717) is 17.8 Å². The standard InChI is InChI=1S/C20H18N2O4/c1-2-25-16-10-8-15(9-11-16)21-19(23)13-26-20(24)18-12-7-14-5-3-4-6-17(14)22-18/h3-12H,2,13H2,1H3,(H,21,23). The highest BCUT2D eigenvalue weighted by molar-refractivity contribution is 5.95. The number of anilines is 1. The minimum absolute atomic E-state index is 0.164. The lowest BCUT2D eigenvalue weighted by molar-refractivity contribution is -0.119. The molecule has 0 fully saturated rings. The molecule has 1 heterocycles. The van der Waals surface area contributed by atoms with Gasteiger partial charge in [0.15, 0.2) is 6.61 Å². The molecule has 0 unspecified atom stereocenters. The van der Waals surface area contributed by atoms with E-state index in [2.05, 4.69) is 10.3 Å². The number of hydrogen-bond donors (Lipinski definition) is 1. The second-order valence-electron chi connectivity index (χ2n) is 5.47. The van der Waals surface area contributed by atoms with Crippen molar-refractivity contribution in [3.05, 3.63) is 66.4 Å². The van der Waals surface area contributed by atoms with Crippen LogP contribution in [0.5, 0.6) is 5.75 Å². The van der Waals surface area contributed by atoms with Crippen LogP contribution in [0.15, 0.2) is 60.7 Å². The van der Waals surface area contributed by atoms with Gasteiger partial charge in [0.25, 0.3) is 5.91 Å². The number of carbonyl (C=O) groups is 2. The number of para-hydroxylation sites is 1. The molecule has 3 rings (SSSR count). The molecular formula is C20H18N2O4. The molecule has 1 amide bonds. The molecule has 0 bridgehead atoms. The maximum absolute atomic E-state index is 12.1. The summed E-state index contributed by atoms with van der Waals surface area (Å²) in [6.45, 7) is 2.08. The molecule has 6 heteroatoms. The van der Waals surface area contributed by atoms with E-state index in [-0.39, 0.29) is 12.3 Å². The first-order valence-electron chi connectivity index (χ1n) is 8.21. The third-order valence-corrected chi connectivity index (χ3v) is 3.59. The van der Waals surface area contributed by atoms with Crippen molar-refractivity contribution in [2.75, 3.05) is 18.5 Å². The molecule has 3 aromatic rings. The van der Waals surface area contributed by atoms with Crippen molar-refractivity contribution in [3.8, 4) is 5.75 Å². The summed E-state index contributed by atoms with van der Waals surface area (Å²) in [4.78, 5) is 28.3. The summed E-state index contributed by atoms with van der Waals surface area (Å²) in [5, 5.41) is 3.58. The Kier molecular flexibility index (Phi) is 5.43. The number of nitrogens with one attached hydrogen (secondary N) is 1. The SMILES string of the molecule is CCOc1ccc(NC(=O)COC(=O)c2ccc3ccccc3n2)cc1. The summed E-state index contributed by atoms with van der Waals surface area (Å²) < 4.78 is 10.4. The first-order chi connectivity index (χ1) is 12.7. The first-order valence-corrected chi connectivity index (χ1v) is 8.21. The molecule has 0 aliphatic heterocycles. The Hall–Kier alpha value is -3.41. The third-order valence-electron chi connectivity index (χ3n) is 3.59. The van der Waals surface area contributed by atoms with Gasteiger partial charge in [-0.15, -0.1) is 0 Å². The molecule has 0 atom stereocenters. The van der Waals surface area contributed by atoms with E-state index < -0.39 is 11.9 Å². The fourth-order valence-corrected chi connectivity index (χ4v) is 2.38. The Labute approximate surface area is 150 Å². The van der Waals surface area contributed by atoms with Crippen molar-refractivity contribution >= 4 is 28.5 Å². The van der Waals surface area contributed by atoms with Gasteiger partial charge < -0.3 is 14.8 Å².